The Morgan fingerprint density at radius 2 is 2.20 bits per heavy atom. The van der Waals surface area contributed by atoms with Crippen molar-refractivity contribution < 1.29 is 0 Å². The van der Waals surface area contributed by atoms with Gasteiger partial charge in [0.1, 0.15) is 11.2 Å². The zero-order chi connectivity index (χ0) is 10.4. The van der Waals surface area contributed by atoms with Crippen molar-refractivity contribution >= 4 is 27.6 Å². The van der Waals surface area contributed by atoms with Crippen molar-refractivity contribution in [2.24, 2.45) is 5.92 Å². The van der Waals surface area contributed by atoms with Gasteiger partial charge in [-0.2, -0.15) is 0 Å². The standard InChI is InChI=1S/C12H12N2S/c1-7-3-4-10-11(8(7)2)9-5-13-6-14-12(9)15-10/h3-8H,1-2H3/t7?,8-/m0/s1. The Hall–Kier alpha value is -1.22. The Bertz CT molecular complexity index is 542. The molecular formula is C12H12N2S. The molecule has 0 amide bonds. The Balaban J connectivity index is 2.35. The highest BCUT2D eigenvalue weighted by atomic mass is 32.1. The molecule has 15 heavy (non-hydrogen) atoms. The molecule has 0 aliphatic heterocycles. The predicted octanol–water partition coefficient (Wildman–Crippen LogP) is 3.46. The summed E-state index contributed by atoms with van der Waals surface area (Å²) in [5.41, 5.74) is 1.44. The topological polar surface area (TPSA) is 25.8 Å². The molecular weight excluding hydrogens is 204 g/mol. The first-order valence-corrected chi connectivity index (χ1v) is 5.99. The third-order valence-corrected chi connectivity index (χ3v) is 4.33. The van der Waals surface area contributed by atoms with E-state index in [1.807, 2.05) is 6.20 Å². The van der Waals surface area contributed by atoms with Crippen LogP contribution in [0.15, 0.2) is 18.6 Å². The van der Waals surface area contributed by atoms with Crippen LogP contribution in [0.1, 0.15) is 30.2 Å². The van der Waals surface area contributed by atoms with Gasteiger partial charge in [-0.1, -0.05) is 19.9 Å². The smallest absolute Gasteiger partial charge is 0.127 e. The average molecular weight is 216 g/mol. The van der Waals surface area contributed by atoms with Crippen LogP contribution >= 0.6 is 11.3 Å². The van der Waals surface area contributed by atoms with Crippen molar-refractivity contribution in [3.8, 4) is 0 Å². The number of aromatic nitrogens is 2. The number of hydrogen-bond donors (Lipinski definition) is 0. The van der Waals surface area contributed by atoms with Crippen molar-refractivity contribution in [2.75, 3.05) is 0 Å². The van der Waals surface area contributed by atoms with Crippen LogP contribution in [0, 0.1) is 5.92 Å². The van der Waals surface area contributed by atoms with Crippen LogP contribution in [0.3, 0.4) is 0 Å². The van der Waals surface area contributed by atoms with Crippen LogP contribution in [0.4, 0.5) is 0 Å². The number of allylic oxidation sites excluding steroid dienone is 1. The van der Waals surface area contributed by atoms with Gasteiger partial charge in [0.2, 0.25) is 0 Å². The molecule has 0 spiro atoms. The van der Waals surface area contributed by atoms with Gasteiger partial charge in [0.05, 0.1) is 0 Å². The number of rotatable bonds is 0. The maximum Gasteiger partial charge on any atom is 0.127 e. The minimum absolute atomic E-state index is 0.574. The van der Waals surface area contributed by atoms with E-state index in [2.05, 4.69) is 36.0 Å². The predicted molar refractivity (Wildman–Crippen MR) is 64.0 cm³/mol. The molecule has 0 aromatic carbocycles. The van der Waals surface area contributed by atoms with E-state index < -0.39 is 0 Å². The molecule has 0 saturated carbocycles. The molecule has 0 bridgehead atoms. The summed E-state index contributed by atoms with van der Waals surface area (Å²) < 4.78 is 0. The van der Waals surface area contributed by atoms with Crippen LogP contribution < -0.4 is 0 Å². The first kappa shape index (κ1) is 9.04. The Morgan fingerprint density at radius 3 is 3.07 bits per heavy atom. The molecule has 3 rings (SSSR count). The minimum atomic E-state index is 0.574. The summed E-state index contributed by atoms with van der Waals surface area (Å²) in [6.07, 6.45) is 8.09. The number of hydrogen-bond acceptors (Lipinski definition) is 3. The lowest BCUT2D eigenvalue weighted by molar-refractivity contribution is 0.591. The third kappa shape index (κ3) is 1.23. The lowest BCUT2D eigenvalue weighted by atomic mass is 9.84. The summed E-state index contributed by atoms with van der Waals surface area (Å²) in [6, 6.07) is 0. The van der Waals surface area contributed by atoms with E-state index >= 15 is 0 Å². The van der Waals surface area contributed by atoms with Crippen LogP contribution in [0.5, 0.6) is 0 Å². The summed E-state index contributed by atoms with van der Waals surface area (Å²) in [5, 5.41) is 1.24. The molecule has 2 heterocycles. The molecule has 2 atom stereocenters. The molecule has 2 aromatic rings. The molecule has 3 heteroatoms. The largest absolute Gasteiger partial charge is 0.244 e. The van der Waals surface area contributed by atoms with Crippen molar-refractivity contribution in [1.29, 1.82) is 0 Å². The van der Waals surface area contributed by atoms with Gasteiger partial charge >= 0.3 is 0 Å². The number of thiophene rings is 1. The summed E-state index contributed by atoms with van der Waals surface area (Å²) in [5.74, 6) is 1.18. The van der Waals surface area contributed by atoms with Crippen LogP contribution in [-0.4, -0.2) is 9.97 Å². The highest BCUT2D eigenvalue weighted by Crippen LogP contribution is 2.42. The van der Waals surface area contributed by atoms with Gasteiger partial charge in [0.25, 0.3) is 0 Å². The molecule has 0 fully saturated rings. The van der Waals surface area contributed by atoms with E-state index in [4.69, 9.17) is 0 Å². The number of fused-ring (bicyclic) bond motifs is 3. The fourth-order valence-corrected chi connectivity index (χ4v) is 3.27. The molecule has 0 N–H and O–H groups in total. The van der Waals surface area contributed by atoms with Crippen LogP contribution in [0.2, 0.25) is 0 Å². The highest BCUT2D eigenvalue weighted by molar-refractivity contribution is 7.19. The second kappa shape index (κ2) is 3.14. The van der Waals surface area contributed by atoms with E-state index in [9.17, 15) is 0 Å². The summed E-state index contributed by atoms with van der Waals surface area (Å²) in [6.45, 7) is 4.55. The van der Waals surface area contributed by atoms with Gasteiger partial charge in [-0.3, -0.25) is 0 Å². The fraction of sp³-hybridized carbons (Fsp3) is 0.333. The van der Waals surface area contributed by atoms with E-state index in [0.29, 0.717) is 11.8 Å². The van der Waals surface area contributed by atoms with Crippen molar-refractivity contribution in [3.63, 3.8) is 0 Å². The molecule has 76 valence electrons. The van der Waals surface area contributed by atoms with E-state index in [-0.39, 0.29) is 0 Å². The Morgan fingerprint density at radius 1 is 1.33 bits per heavy atom. The molecule has 2 aromatic heterocycles. The second-order valence-corrected chi connectivity index (χ2v) is 5.16. The van der Waals surface area contributed by atoms with E-state index in [1.165, 1.54) is 15.8 Å². The van der Waals surface area contributed by atoms with Crippen LogP contribution in [-0.2, 0) is 0 Å². The van der Waals surface area contributed by atoms with E-state index in [0.717, 1.165) is 4.83 Å². The fourth-order valence-electron chi connectivity index (χ4n) is 2.14. The maximum atomic E-state index is 4.32. The van der Waals surface area contributed by atoms with E-state index in [1.54, 1.807) is 17.7 Å². The summed E-state index contributed by atoms with van der Waals surface area (Å²) >= 11 is 1.77. The quantitative estimate of drug-likeness (QED) is 0.674. The Kier molecular flexibility index (Phi) is 1.89. The monoisotopic (exact) mass is 216 g/mol. The zero-order valence-corrected chi connectivity index (χ0v) is 9.58. The summed E-state index contributed by atoms with van der Waals surface area (Å²) in [4.78, 5) is 10.9. The second-order valence-electron chi connectivity index (χ2n) is 4.13. The van der Waals surface area contributed by atoms with Crippen molar-refractivity contribution in [3.05, 3.63) is 29.0 Å². The molecule has 0 saturated heterocycles. The molecule has 1 aliphatic rings. The Labute approximate surface area is 92.7 Å². The first-order chi connectivity index (χ1) is 7.27. The molecule has 1 aliphatic carbocycles. The maximum absolute atomic E-state index is 4.32. The number of nitrogens with zero attached hydrogens (tertiary/aromatic N) is 2. The summed E-state index contributed by atoms with van der Waals surface area (Å²) in [7, 11) is 0. The average Bonchev–Trinajstić information content (AvgIpc) is 2.62. The van der Waals surface area contributed by atoms with Crippen molar-refractivity contribution in [1.82, 2.24) is 9.97 Å². The van der Waals surface area contributed by atoms with Gasteiger partial charge in [-0.25, -0.2) is 9.97 Å². The van der Waals surface area contributed by atoms with Gasteiger partial charge in [0.15, 0.2) is 0 Å². The molecule has 0 radical (unpaired) electrons. The van der Waals surface area contributed by atoms with Gasteiger partial charge in [-0.05, 0) is 23.5 Å². The van der Waals surface area contributed by atoms with Gasteiger partial charge in [0, 0.05) is 16.5 Å². The lowest BCUT2D eigenvalue weighted by Crippen LogP contribution is -2.07. The molecule has 2 nitrogen and oxygen atoms in total. The van der Waals surface area contributed by atoms with Crippen LogP contribution in [0.25, 0.3) is 16.3 Å². The normalized spacial score (nSPS) is 24.4. The first-order valence-electron chi connectivity index (χ1n) is 5.18. The van der Waals surface area contributed by atoms with Gasteiger partial charge in [-0.15, -0.1) is 11.3 Å². The van der Waals surface area contributed by atoms with Gasteiger partial charge < -0.3 is 0 Å². The zero-order valence-electron chi connectivity index (χ0n) is 8.77. The highest BCUT2D eigenvalue weighted by Gasteiger charge is 2.23. The molecule has 1 unspecified atom stereocenters. The lowest BCUT2D eigenvalue weighted by Gasteiger charge is -2.21. The minimum Gasteiger partial charge on any atom is -0.244 e. The third-order valence-electron chi connectivity index (χ3n) is 3.23. The van der Waals surface area contributed by atoms with Crippen molar-refractivity contribution in [2.45, 2.75) is 19.8 Å². The SMILES string of the molecule is CC1C=Cc2sc3ncncc3c2[C@H]1C.